The first-order chi connectivity index (χ1) is 9.45. The third-order valence-corrected chi connectivity index (χ3v) is 4.12. The van der Waals surface area contributed by atoms with Crippen molar-refractivity contribution in [3.63, 3.8) is 0 Å². The first kappa shape index (κ1) is 15.1. The lowest BCUT2D eigenvalue weighted by Gasteiger charge is -2.36. The molecule has 0 saturated carbocycles. The van der Waals surface area contributed by atoms with Crippen molar-refractivity contribution in [3.05, 3.63) is 23.2 Å². The average Bonchev–Trinajstić information content (AvgIpc) is 2.37. The largest absolute Gasteiger partial charge is 0.397 e. The molecule has 0 bridgehead atoms. The summed E-state index contributed by atoms with van der Waals surface area (Å²) in [5.74, 6) is 0.625. The minimum absolute atomic E-state index is 0.0278. The fourth-order valence-corrected chi connectivity index (χ4v) is 2.80. The second-order valence-electron chi connectivity index (χ2n) is 5.74. The second-order valence-corrected chi connectivity index (χ2v) is 6.18. The number of benzene rings is 1. The number of hydrogen-bond donors (Lipinski definition) is 2. The van der Waals surface area contributed by atoms with Crippen LogP contribution in [0.3, 0.4) is 0 Å². The third-order valence-electron chi connectivity index (χ3n) is 3.88. The molecule has 20 heavy (non-hydrogen) atoms. The molecule has 1 aromatic rings. The van der Waals surface area contributed by atoms with Gasteiger partial charge in [0, 0.05) is 17.6 Å². The first-order valence-electron chi connectivity index (χ1n) is 7.04. The standard InChI is InChI=1S/C15H22ClN3O/c1-10-3-4-11(2)19(8-10)9-15(20)18-14-6-5-12(16)7-13(14)17/h5-7,10-11H,3-4,8-9,17H2,1-2H3,(H,18,20). The van der Waals surface area contributed by atoms with Crippen LogP contribution >= 0.6 is 11.6 Å². The molecule has 1 fully saturated rings. The van der Waals surface area contributed by atoms with Crippen LogP contribution in [0.2, 0.25) is 5.02 Å². The zero-order chi connectivity index (χ0) is 14.7. The normalized spacial score (nSPS) is 23.6. The molecule has 0 spiro atoms. The van der Waals surface area contributed by atoms with E-state index in [9.17, 15) is 4.79 Å². The molecule has 1 amide bonds. The Kier molecular flexibility index (Phi) is 4.89. The van der Waals surface area contributed by atoms with Crippen molar-refractivity contribution in [1.82, 2.24) is 4.90 Å². The molecule has 110 valence electrons. The number of likely N-dealkylation sites (tertiary alicyclic amines) is 1. The van der Waals surface area contributed by atoms with E-state index in [2.05, 4.69) is 24.1 Å². The van der Waals surface area contributed by atoms with Gasteiger partial charge in [-0.25, -0.2) is 0 Å². The number of amides is 1. The van der Waals surface area contributed by atoms with Gasteiger partial charge in [0.15, 0.2) is 0 Å². The molecule has 1 heterocycles. The van der Waals surface area contributed by atoms with Crippen LogP contribution in [0.1, 0.15) is 26.7 Å². The van der Waals surface area contributed by atoms with Crippen LogP contribution in [0.15, 0.2) is 18.2 Å². The zero-order valence-electron chi connectivity index (χ0n) is 12.0. The molecule has 2 rings (SSSR count). The van der Waals surface area contributed by atoms with E-state index in [-0.39, 0.29) is 5.91 Å². The molecule has 0 radical (unpaired) electrons. The van der Waals surface area contributed by atoms with Gasteiger partial charge in [0.05, 0.1) is 17.9 Å². The molecule has 1 saturated heterocycles. The molecule has 2 unspecified atom stereocenters. The van der Waals surface area contributed by atoms with E-state index in [4.69, 9.17) is 17.3 Å². The second kappa shape index (κ2) is 6.46. The van der Waals surface area contributed by atoms with Crippen molar-refractivity contribution in [1.29, 1.82) is 0 Å². The summed E-state index contributed by atoms with van der Waals surface area (Å²) < 4.78 is 0. The van der Waals surface area contributed by atoms with E-state index in [0.717, 1.165) is 13.0 Å². The highest BCUT2D eigenvalue weighted by atomic mass is 35.5. The molecule has 1 aliphatic heterocycles. The molecule has 4 nitrogen and oxygen atoms in total. The van der Waals surface area contributed by atoms with E-state index < -0.39 is 0 Å². The van der Waals surface area contributed by atoms with Crippen molar-refractivity contribution >= 4 is 28.9 Å². The number of carbonyl (C=O) groups is 1. The van der Waals surface area contributed by atoms with Gasteiger partial charge in [-0.2, -0.15) is 0 Å². The van der Waals surface area contributed by atoms with Crippen LogP contribution in [-0.2, 0) is 4.79 Å². The molecule has 5 heteroatoms. The first-order valence-corrected chi connectivity index (χ1v) is 7.42. The summed E-state index contributed by atoms with van der Waals surface area (Å²) in [6.07, 6.45) is 2.39. The summed E-state index contributed by atoms with van der Waals surface area (Å²) in [5, 5.41) is 3.42. The van der Waals surface area contributed by atoms with E-state index in [1.807, 2.05) is 0 Å². The molecule has 1 aliphatic rings. The quantitative estimate of drug-likeness (QED) is 0.843. The number of hydrogen-bond acceptors (Lipinski definition) is 3. The maximum absolute atomic E-state index is 12.1. The summed E-state index contributed by atoms with van der Waals surface area (Å²) in [6.45, 7) is 5.79. The SMILES string of the molecule is CC1CCC(C)N(CC(=O)Nc2ccc(Cl)cc2N)C1. The molecule has 0 aliphatic carbocycles. The molecular formula is C15H22ClN3O. The third kappa shape index (κ3) is 3.87. The van der Waals surface area contributed by atoms with Crippen LogP contribution < -0.4 is 11.1 Å². The Morgan fingerprint density at radius 2 is 2.20 bits per heavy atom. The number of piperidine rings is 1. The topological polar surface area (TPSA) is 58.4 Å². The summed E-state index contributed by atoms with van der Waals surface area (Å²) >= 11 is 5.84. The van der Waals surface area contributed by atoms with Crippen LogP contribution in [0.25, 0.3) is 0 Å². The number of nitrogen functional groups attached to an aromatic ring is 1. The lowest BCUT2D eigenvalue weighted by Crippen LogP contribution is -2.45. The van der Waals surface area contributed by atoms with Crippen molar-refractivity contribution in [2.75, 3.05) is 24.1 Å². The van der Waals surface area contributed by atoms with E-state index in [0.29, 0.717) is 34.9 Å². The van der Waals surface area contributed by atoms with Crippen molar-refractivity contribution in [2.24, 2.45) is 5.92 Å². The van der Waals surface area contributed by atoms with Crippen molar-refractivity contribution in [3.8, 4) is 0 Å². The van der Waals surface area contributed by atoms with Crippen LogP contribution in [0.5, 0.6) is 0 Å². The smallest absolute Gasteiger partial charge is 0.238 e. The number of carbonyl (C=O) groups excluding carboxylic acids is 1. The Hall–Kier alpha value is -1.26. The van der Waals surface area contributed by atoms with Gasteiger partial charge in [0.2, 0.25) is 5.91 Å². The number of rotatable bonds is 3. The maximum atomic E-state index is 12.1. The monoisotopic (exact) mass is 295 g/mol. The molecule has 0 aromatic heterocycles. The van der Waals surface area contributed by atoms with Gasteiger partial charge in [-0.1, -0.05) is 18.5 Å². The van der Waals surface area contributed by atoms with Gasteiger partial charge in [-0.15, -0.1) is 0 Å². The number of halogens is 1. The fraction of sp³-hybridized carbons (Fsp3) is 0.533. The van der Waals surface area contributed by atoms with Gasteiger partial charge in [-0.3, -0.25) is 9.69 Å². The number of nitrogens with zero attached hydrogens (tertiary/aromatic N) is 1. The summed E-state index contributed by atoms with van der Waals surface area (Å²) in [6, 6.07) is 5.55. The van der Waals surface area contributed by atoms with E-state index in [1.54, 1.807) is 18.2 Å². The van der Waals surface area contributed by atoms with Gasteiger partial charge >= 0.3 is 0 Å². The van der Waals surface area contributed by atoms with Gasteiger partial charge in [0.25, 0.3) is 0 Å². The highest BCUT2D eigenvalue weighted by molar-refractivity contribution is 6.31. The van der Waals surface area contributed by atoms with Gasteiger partial charge < -0.3 is 11.1 Å². The van der Waals surface area contributed by atoms with Crippen LogP contribution in [0.4, 0.5) is 11.4 Å². The predicted molar refractivity (Wildman–Crippen MR) is 83.9 cm³/mol. The Balaban J connectivity index is 1.94. The number of anilines is 2. The van der Waals surface area contributed by atoms with Crippen LogP contribution in [-0.4, -0.2) is 29.9 Å². The maximum Gasteiger partial charge on any atom is 0.238 e. The minimum Gasteiger partial charge on any atom is -0.397 e. The lowest BCUT2D eigenvalue weighted by molar-refractivity contribution is -0.118. The molecule has 3 N–H and O–H groups in total. The van der Waals surface area contributed by atoms with Crippen molar-refractivity contribution < 1.29 is 4.79 Å². The minimum atomic E-state index is -0.0278. The predicted octanol–water partition coefficient (Wildman–Crippen LogP) is 2.98. The Labute approximate surface area is 125 Å². The van der Waals surface area contributed by atoms with Gasteiger partial charge in [-0.05, 0) is 43.9 Å². The summed E-state index contributed by atoms with van der Waals surface area (Å²) in [7, 11) is 0. The van der Waals surface area contributed by atoms with Crippen molar-refractivity contribution in [2.45, 2.75) is 32.7 Å². The molecule has 2 atom stereocenters. The summed E-state index contributed by atoms with van der Waals surface area (Å²) in [4.78, 5) is 14.4. The molecular weight excluding hydrogens is 274 g/mol. The number of nitrogens with one attached hydrogen (secondary N) is 1. The Morgan fingerprint density at radius 1 is 1.45 bits per heavy atom. The highest BCUT2D eigenvalue weighted by Gasteiger charge is 2.24. The zero-order valence-corrected chi connectivity index (χ0v) is 12.8. The van der Waals surface area contributed by atoms with Crippen LogP contribution in [0, 0.1) is 5.92 Å². The molecule has 1 aromatic carbocycles. The van der Waals surface area contributed by atoms with Gasteiger partial charge in [0.1, 0.15) is 0 Å². The van der Waals surface area contributed by atoms with E-state index in [1.165, 1.54) is 6.42 Å². The Bertz CT molecular complexity index is 492. The lowest BCUT2D eigenvalue weighted by atomic mass is 9.95. The number of nitrogens with two attached hydrogens (primary N) is 1. The average molecular weight is 296 g/mol. The van der Waals surface area contributed by atoms with E-state index >= 15 is 0 Å². The summed E-state index contributed by atoms with van der Waals surface area (Å²) in [5.41, 5.74) is 6.95. The Morgan fingerprint density at radius 3 is 2.90 bits per heavy atom. The fourth-order valence-electron chi connectivity index (χ4n) is 2.62. The highest BCUT2D eigenvalue weighted by Crippen LogP contribution is 2.24.